The van der Waals surface area contributed by atoms with Crippen molar-refractivity contribution >= 4 is 33.0 Å². The lowest BCUT2D eigenvalue weighted by molar-refractivity contribution is 0.282. The highest BCUT2D eigenvalue weighted by atomic mass is 35.5. The highest BCUT2D eigenvalue weighted by molar-refractivity contribution is 7.89. The van der Waals surface area contributed by atoms with Crippen molar-refractivity contribution in [2.24, 2.45) is 0 Å². The van der Waals surface area contributed by atoms with Crippen LogP contribution in [0.15, 0.2) is 41.3 Å². The first-order valence-corrected chi connectivity index (χ1v) is 8.57. The number of aliphatic hydroxyl groups is 1. The quantitative estimate of drug-likeness (QED) is 0.885. The summed E-state index contributed by atoms with van der Waals surface area (Å²) in [4.78, 5) is 1.02. The molecule has 0 aliphatic heterocycles. The summed E-state index contributed by atoms with van der Waals surface area (Å²) in [6.07, 6.45) is 0. The summed E-state index contributed by atoms with van der Waals surface area (Å²) in [6, 6.07) is 9.30. The predicted molar refractivity (Wildman–Crippen MR) is 80.4 cm³/mol. The molecule has 0 aliphatic rings. The normalized spacial score (nSPS) is 13.3. The molecule has 20 heavy (non-hydrogen) atoms. The zero-order valence-corrected chi connectivity index (χ0v) is 13.1. The Kier molecular flexibility index (Phi) is 4.82. The molecule has 0 radical (unpaired) electrons. The average molecular weight is 332 g/mol. The van der Waals surface area contributed by atoms with Gasteiger partial charge in [0.2, 0.25) is 10.0 Å². The minimum Gasteiger partial charge on any atom is -0.392 e. The van der Waals surface area contributed by atoms with E-state index in [2.05, 4.69) is 4.72 Å². The molecule has 7 heteroatoms. The number of aliphatic hydroxyl groups excluding tert-OH is 1. The van der Waals surface area contributed by atoms with E-state index in [4.69, 9.17) is 16.7 Å². The minimum atomic E-state index is -3.59. The number of sulfonamides is 1. The Morgan fingerprint density at radius 1 is 1.25 bits per heavy atom. The molecule has 0 saturated carbocycles. The summed E-state index contributed by atoms with van der Waals surface area (Å²) in [5.41, 5.74) is 0.669. The standard InChI is InChI=1S/C13H14ClNO3S2/c1-9(12-6-7-13(14)19-12)15-20(17,18)11-4-2-10(8-16)3-5-11/h2-7,9,15-16H,8H2,1H3. The Bertz CT molecular complexity index is 680. The van der Waals surface area contributed by atoms with Crippen LogP contribution in [-0.2, 0) is 16.6 Å². The Morgan fingerprint density at radius 3 is 2.40 bits per heavy atom. The number of thiophene rings is 1. The number of hydrogen-bond donors (Lipinski definition) is 2. The van der Waals surface area contributed by atoms with Crippen LogP contribution in [0.2, 0.25) is 4.34 Å². The van der Waals surface area contributed by atoms with Crippen molar-refractivity contribution in [1.29, 1.82) is 0 Å². The van der Waals surface area contributed by atoms with Crippen LogP contribution in [0.5, 0.6) is 0 Å². The molecule has 0 spiro atoms. The van der Waals surface area contributed by atoms with Crippen LogP contribution in [0, 0.1) is 0 Å². The molecular formula is C13H14ClNO3S2. The molecule has 1 aromatic heterocycles. The van der Waals surface area contributed by atoms with E-state index in [9.17, 15) is 8.42 Å². The van der Waals surface area contributed by atoms with Crippen molar-refractivity contribution in [2.45, 2.75) is 24.5 Å². The maximum atomic E-state index is 12.2. The monoisotopic (exact) mass is 331 g/mol. The van der Waals surface area contributed by atoms with E-state index in [-0.39, 0.29) is 17.5 Å². The third-order valence-corrected chi connectivity index (χ3v) is 5.74. The summed E-state index contributed by atoms with van der Waals surface area (Å²) in [7, 11) is -3.59. The second-order valence-corrected chi connectivity index (χ2v) is 7.75. The molecule has 2 aromatic rings. The van der Waals surface area contributed by atoms with Crippen molar-refractivity contribution in [2.75, 3.05) is 0 Å². The van der Waals surface area contributed by atoms with E-state index in [1.165, 1.54) is 23.5 Å². The molecule has 4 nitrogen and oxygen atoms in total. The first-order valence-electron chi connectivity index (χ1n) is 5.90. The van der Waals surface area contributed by atoms with Crippen LogP contribution in [0.3, 0.4) is 0 Å². The molecule has 0 fully saturated rings. The van der Waals surface area contributed by atoms with Crippen molar-refractivity contribution in [3.8, 4) is 0 Å². The number of halogens is 1. The lowest BCUT2D eigenvalue weighted by Gasteiger charge is -2.13. The molecule has 0 aliphatic carbocycles. The largest absolute Gasteiger partial charge is 0.392 e. The first kappa shape index (κ1) is 15.5. The fraction of sp³-hybridized carbons (Fsp3) is 0.231. The van der Waals surface area contributed by atoms with Crippen molar-refractivity contribution in [1.82, 2.24) is 4.72 Å². The van der Waals surface area contributed by atoms with Gasteiger partial charge in [-0.15, -0.1) is 11.3 Å². The van der Waals surface area contributed by atoms with Gasteiger partial charge in [0.1, 0.15) is 0 Å². The van der Waals surface area contributed by atoms with Crippen LogP contribution < -0.4 is 4.72 Å². The molecular weight excluding hydrogens is 318 g/mol. The van der Waals surface area contributed by atoms with Gasteiger partial charge in [-0.3, -0.25) is 0 Å². The van der Waals surface area contributed by atoms with E-state index >= 15 is 0 Å². The van der Waals surface area contributed by atoms with Crippen LogP contribution in [0.25, 0.3) is 0 Å². The maximum absolute atomic E-state index is 12.2. The van der Waals surface area contributed by atoms with E-state index in [1.807, 2.05) is 0 Å². The van der Waals surface area contributed by atoms with Crippen LogP contribution in [0.1, 0.15) is 23.4 Å². The van der Waals surface area contributed by atoms with Gasteiger partial charge in [0.15, 0.2) is 0 Å². The van der Waals surface area contributed by atoms with Gasteiger partial charge in [0.05, 0.1) is 21.9 Å². The molecule has 1 aromatic carbocycles. The average Bonchev–Trinajstić information content (AvgIpc) is 2.85. The predicted octanol–water partition coefficient (Wildman–Crippen LogP) is 2.93. The number of benzene rings is 1. The molecule has 0 saturated heterocycles. The van der Waals surface area contributed by atoms with Crippen LogP contribution >= 0.6 is 22.9 Å². The topological polar surface area (TPSA) is 66.4 Å². The van der Waals surface area contributed by atoms with E-state index in [0.717, 1.165) is 4.88 Å². The van der Waals surface area contributed by atoms with Gasteiger partial charge in [-0.1, -0.05) is 23.7 Å². The summed E-state index contributed by atoms with van der Waals surface area (Å²) in [6.45, 7) is 1.65. The summed E-state index contributed by atoms with van der Waals surface area (Å²) in [5.74, 6) is 0. The number of nitrogens with one attached hydrogen (secondary N) is 1. The van der Waals surface area contributed by atoms with Gasteiger partial charge in [-0.05, 0) is 36.8 Å². The summed E-state index contributed by atoms with van der Waals surface area (Å²) < 4.78 is 27.7. The smallest absolute Gasteiger partial charge is 0.241 e. The molecule has 1 unspecified atom stereocenters. The van der Waals surface area contributed by atoms with Crippen molar-refractivity contribution in [3.05, 3.63) is 51.2 Å². The molecule has 108 valence electrons. The van der Waals surface area contributed by atoms with Gasteiger partial charge in [0, 0.05) is 4.88 Å². The Morgan fingerprint density at radius 2 is 1.90 bits per heavy atom. The Balaban J connectivity index is 2.17. The fourth-order valence-corrected chi connectivity index (χ4v) is 4.05. The third kappa shape index (κ3) is 3.59. The SMILES string of the molecule is CC(NS(=O)(=O)c1ccc(CO)cc1)c1ccc(Cl)s1. The second kappa shape index (κ2) is 6.24. The number of rotatable bonds is 5. The van der Waals surface area contributed by atoms with Gasteiger partial charge in [-0.25, -0.2) is 13.1 Å². The fourth-order valence-electron chi connectivity index (χ4n) is 1.69. The molecule has 1 heterocycles. The molecule has 1 atom stereocenters. The van der Waals surface area contributed by atoms with Gasteiger partial charge < -0.3 is 5.11 Å². The molecule has 0 bridgehead atoms. The zero-order valence-electron chi connectivity index (χ0n) is 10.7. The van der Waals surface area contributed by atoms with E-state index in [1.54, 1.807) is 31.2 Å². The molecule has 2 N–H and O–H groups in total. The lowest BCUT2D eigenvalue weighted by atomic mass is 10.2. The van der Waals surface area contributed by atoms with E-state index < -0.39 is 10.0 Å². The maximum Gasteiger partial charge on any atom is 0.241 e. The second-order valence-electron chi connectivity index (χ2n) is 4.29. The van der Waals surface area contributed by atoms with Crippen LogP contribution in [-0.4, -0.2) is 13.5 Å². The first-order chi connectivity index (χ1) is 9.42. The molecule has 2 rings (SSSR count). The summed E-state index contributed by atoms with van der Waals surface area (Å²) in [5, 5.41) is 8.95. The van der Waals surface area contributed by atoms with E-state index in [0.29, 0.717) is 9.90 Å². The Hall–Kier alpha value is -0.920. The zero-order chi connectivity index (χ0) is 14.8. The highest BCUT2D eigenvalue weighted by Crippen LogP contribution is 2.27. The lowest BCUT2D eigenvalue weighted by Crippen LogP contribution is -2.26. The Labute approximate surface area is 127 Å². The summed E-state index contributed by atoms with van der Waals surface area (Å²) >= 11 is 7.19. The highest BCUT2D eigenvalue weighted by Gasteiger charge is 2.19. The molecule has 0 amide bonds. The van der Waals surface area contributed by atoms with Gasteiger partial charge >= 0.3 is 0 Å². The number of hydrogen-bond acceptors (Lipinski definition) is 4. The van der Waals surface area contributed by atoms with Gasteiger partial charge in [-0.2, -0.15) is 0 Å². The van der Waals surface area contributed by atoms with Crippen molar-refractivity contribution in [3.63, 3.8) is 0 Å². The third-order valence-electron chi connectivity index (χ3n) is 2.77. The van der Waals surface area contributed by atoms with Gasteiger partial charge in [0.25, 0.3) is 0 Å². The van der Waals surface area contributed by atoms with Crippen molar-refractivity contribution < 1.29 is 13.5 Å². The minimum absolute atomic E-state index is 0.113. The van der Waals surface area contributed by atoms with Crippen LogP contribution in [0.4, 0.5) is 0 Å².